The molecule has 0 unspecified atom stereocenters. The van der Waals surface area contributed by atoms with E-state index < -0.39 is 0 Å². The Morgan fingerprint density at radius 3 is 0.100 bits per heavy atom. The Labute approximate surface area is 386 Å². The minimum absolute atomic E-state index is 0. The van der Waals surface area contributed by atoms with E-state index in [4.69, 9.17) is 0 Å². The van der Waals surface area contributed by atoms with Gasteiger partial charge in [-0.05, 0) is 0 Å². The molecule has 10 radical (unpaired) electrons. The summed E-state index contributed by atoms with van der Waals surface area (Å²) < 4.78 is 0. The van der Waals surface area contributed by atoms with E-state index in [1.54, 1.807) is 0 Å². The van der Waals surface area contributed by atoms with Crippen molar-refractivity contribution >= 4 is 174 Å². The van der Waals surface area contributed by atoms with Gasteiger partial charge in [0, 0.05) is 224 Å². The SMILES string of the molecule is [Ag].[Ag].[Ag].[Ag].[Ag].[Ag].[Ag].[Ag].[Ag].[Ag].[AlH3].[AlH3].[AlH3].[AlH3].[AlH3].[AlH3].[AlH3].[AlH3].[AlH3].[AlH3]. The van der Waals surface area contributed by atoms with Crippen molar-refractivity contribution in [2.45, 2.75) is 0 Å². The van der Waals surface area contributed by atoms with Crippen LogP contribution in [0.25, 0.3) is 0 Å². The second-order valence-electron chi connectivity index (χ2n) is 0. The molecule has 0 amide bonds. The Kier molecular flexibility index (Phi) is 1880. The summed E-state index contributed by atoms with van der Waals surface area (Å²) in [5.74, 6) is 0. The summed E-state index contributed by atoms with van der Waals surface area (Å²) in [5, 5.41) is 0. The Morgan fingerprint density at radius 1 is 0.100 bits per heavy atom. The van der Waals surface area contributed by atoms with Crippen LogP contribution >= 0.6 is 0 Å². The van der Waals surface area contributed by atoms with Crippen molar-refractivity contribution in [1.29, 1.82) is 0 Å². The van der Waals surface area contributed by atoms with E-state index in [2.05, 4.69) is 0 Å². The molecule has 170 valence electrons. The largest absolute Gasteiger partial charge is 0.187 e. The van der Waals surface area contributed by atoms with Gasteiger partial charge in [-0.25, -0.2) is 0 Å². The molecule has 0 aliphatic rings. The molecule has 20 heteroatoms. The fraction of sp³-hybridized carbons (Fsp3) is 0. The predicted octanol–water partition coefficient (Wildman–Crippen LogP) is -11.9. The zero-order valence-electron chi connectivity index (χ0n) is 3.02. The van der Waals surface area contributed by atoms with Crippen LogP contribution < -0.4 is 0 Å². The molecule has 0 fully saturated rings. The molecule has 0 saturated carbocycles. The average molecular weight is 1380 g/mol. The van der Waals surface area contributed by atoms with Crippen LogP contribution in [0, 0.1) is 0 Å². The van der Waals surface area contributed by atoms with E-state index in [9.17, 15) is 0 Å². The second kappa shape index (κ2) is 185. The van der Waals surface area contributed by atoms with E-state index in [-0.39, 0.29) is 397 Å². The Morgan fingerprint density at radius 2 is 0.100 bits per heavy atom. The van der Waals surface area contributed by atoms with Crippen LogP contribution in [0.4, 0.5) is 0 Å². The summed E-state index contributed by atoms with van der Waals surface area (Å²) in [4.78, 5) is 0. The number of hydrogen-bond acceptors (Lipinski definition) is 0. The van der Waals surface area contributed by atoms with Crippen molar-refractivity contribution in [2.75, 3.05) is 0 Å². The van der Waals surface area contributed by atoms with Crippen molar-refractivity contribution in [3.8, 4) is 0 Å². The first-order chi connectivity index (χ1) is 0. The molecule has 0 aliphatic carbocycles. The van der Waals surface area contributed by atoms with Gasteiger partial charge in [-0.15, -0.1) is 0 Å². The molecular formula is H30Ag10Al10. The molecule has 20 heavy (non-hydrogen) atoms. The molecule has 0 N–H and O–H groups in total. The molecule has 0 rings (SSSR count). The van der Waals surface area contributed by atoms with Gasteiger partial charge in [0.2, 0.25) is 0 Å². The number of rotatable bonds is 0. The standard InChI is InChI=1S/10Ag.10Al.30H. The van der Waals surface area contributed by atoms with Gasteiger partial charge in [-0.1, -0.05) is 0 Å². The quantitative estimate of drug-likeness (QED) is 0.212. The van der Waals surface area contributed by atoms with Gasteiger partial charge in [-0.2, -0.15) is 0 Å². The maximum Gasteiger partial charge on any atom is 0.187 e. The van der Waals surface area contributed by atoms with Crippen molar-refractivity contribution < 1.29 is 224 Å². The average Bonchev–Trinajstić information content (AvgIpc) is 0. The Balaban J connectivity index is 0. The van der Waals surface area contributed by atoms with Crippen molar-refractivity contribution in [2.24, 2.45) is 0 Å². The van der Waals surface area contributed by atoms with E-state index in [0.29, 0.717) is 0 Å². The van der Waals surface area contributed by atoms with E-state index in [1.807, 2.05) is 0 Å². The maximum absolute atomic E-state index is 0. The summed E-state index contributed by atoms with van der Waals surface area (Å²) in [5.41, 5.74) is 0. The molecule has 0 aromatic rings. The van der Waals surface area contributed by atoms with Gasteiger partial charge in [0.25, 0.3) is 0 Å². The van der Waals surface area contributed by atoms with E-state index >= 15 is 0 Å². The van der Waals surface area contributed by atoms with Gasteiger partial charge >= 0.3 is 0 Å². The summed E-state index contributed by atoms with van der Waals surface area (Å²) in [7, 11) is 0. The topological polar surface area (TPSA) is 0 Å². The molecular weight excluding hydrogens is 1350 g/mol. The van der Waals surface area contributed by atoms with E-state index in [1.165, 1.54) is 0 Å². The number of hydrogen-bond donors (Lipinski definition) is 0. The van der Waals surface area contributed by atoms with Crippen LogP contribution in [0.5, 0.6) is 0 Å². The van der Waals surface area contributed by atoms with Gasteiger partial charge < -0.3 is 0 Å². The normalized spacial score (nSPS) is 0. The zero-order chi connectivity index (χ0) is 0. The molecule has 0 atom stereocenters. The van der Waals surface area contributed by atoms with Gasteiger partial charge in [0.15, 0.2) is 174 Å². The third-order valence-electron chi connectivity index (χ3n) is 0. The van der Waals surface area contributed by atoms with Crippen molar-refractivity contribution in [1.82, 2.24) is 0 Å². The van der Waals surface area contributed by atoms with Crippen LogP contribution in [0.15, 0.2) is 0 Å². The third-order valence-corrected chi connectivity index (χ3v) is 0. The first-order valence-corrected chi connectivity index (χ1v) is 0. The second-order valence-corrected chi connectivity index (χ2v) is 0. The van der Waals surface area contributed by atoms with Crippen LogP contribution in [0.3, 0.4) is 0 Å². The monoisotopic (exact) mass is 1370 g/mol. The molecule has 0 aliphatic heterocycles. The summed E-state index contributed by atoms with van der Waals surface area (Å²) >= 11 is 0. The molecule has 0 bridgehead atoms. The first-order valence-electron chi connectivity index (χ1n) is 0. The van der Waals surface area contributed by atoms with Gasteiger partial charge in [0.05, 0.1) is 0 Å². The fourth-order valence-corrected chi connectivity index (χ4v) is 0. The smallest absolute Gasteiger partial charge is 0 e. The van der Waals surface area contributed by atoms with E-state index in [0.717, 1.165) is 0 Å². The zero-order valence-corrected chi connectivity index (χ0v) is 17.8. The molecule has 0 nitrogen and oxygen atoms in total. The van der Waals surface area contributed by atoms with Crippen LogP contribution in [-0.2, 0) is 224 Å². The Bertz CT molecular complexity index is 20.0. The first kappa shape index (κ1) is 203. The maximum atomic E-state index is 0. The van der Waals surface area contributed by atoms with Crippen LogP contribution in [0.2, 0.25) is 0 Å². The Hall–Kier alpha value is 12.7. The van der Waals surface area contributed by atoms with Gasteiger partial charge in [0.1, 0.15) is 0 Å². The molecule has 0 heterocycles. The van der Waals surface area contributed by atoms with Crippen molar-refractivity contribution in [3.05, 3.63) is 0 Å². The molecule has 0 aromatic heterocycles. The molecule has 0 aromatic carbocycles. The minimum atomic E-state index is 0. The summed E-state index contributed by atoms with van der Waals surface area (Å²) in [6.07, 6.45) is 0. The predicted molar refractivity (Wildman–Crippen MR) is 99.4 cm³/mol. The molecule has 0 saturated heterocycles. The minimum Gasteiger partial charge on any atom is 0 e. The van der Waals surface area contributed by atoms with Crippen molar-refractivity contribution in [3.63, 3.8) is 0 Å². The summed E-state index contributed by atoms with van der Waals surface area (Å²) in [6, 6.07) is 0. The molecule has 0 spiro atoms. The van der Waals surface area contributed by atoms with Crippen LogP contribution in [0.1, 0.15) is 0 Å². The van der Waals surface area contributed by atoms with Gasteiger partial charge in [-0.3, -0.25) is 0 Å². The van der Waals surface area contributed by atoms with Crippen LogP contribution in [-0.4, -0.2) is 174 Å². The fourth-order valence-electron chi connectivity index (χ4n) is 0. The third kappa shape index (κ3) is 168. The summed E-state index contributed by atoms with van der Waals surface area (Å²) in [6.45, 7) is 0.